The molecule has 1 heterocycles. The van der Waals surface area contributed by atoms with Crippen molar-refractivity contribution in [2.75, 3.05) is 0 Å². The van der Waals surface area contributed by atoms with E-state index in [0.29, 0.717) is 11.3 Å². The molecule has 2 heteroatoms. The van der Waals surface area contributed by atoms with Gasteiger partial charge in [-0.3, -0.25) is 0 Å². The Hall–Kier alpha value is -1.57. The van der Waals surface area contributed by atoms with Gasteiger partial charge in [-0.05, 0) is 50.2 Å². The Kier molecular flexibility index (Phi) is 2.28. The smallest absolute Gasteiger partial charge is 0.0700 e. The number of benzene rings is 1. The Labute approximate surface area is 120 Å². The molecule has 2 nitrogen and oxygen atoms in total. The summed E-state index contributed by atoms with van der Waals surface area (Å²) in [6.07, 6.45) is 2.62. The summed E-state index contributed by atoms with van der Waals surface area (Å²) >= 11 is 0. The second-order valence-electron chi connectivity index (χ2n) is 7.05. The average Bonchev–Trinajstić information content (AvgIpc) is 2.99. The zero-order valence-electron chi connectivity index (χ0n) is 12.8. The first kappa shape index (κ1) is 12.2. The highest BCUT2D eigenvalue weighted by Crippen LogP contribution is 2.60. The lowest BCUT2D eigenvalue weighted by Crippen LogP contribution is -2.25. The highest BCUT2D eigenvalue weighted by atomic mass is 15.3. The third kappa shape index (κ3) is 1.37. The number of aromatic nitrogens is 2. The summed E-state index contributed by atoms with van der Waals surface area (Å²) in [5.41, 5.74) is 7.11. The fourth-order valence-corrected chi connectivity index (χ4v) is 4.49. The third-order valence-electron chi connectivity index (χ3n) is 5.78. The number of aryl methyl sites for hydroxylation is 1. The number of fused-ring (bicyclic) bond motifs is 5. The maximum atomic E-state index is 4.97. The fourth-order valence-electron chi connectivity index (χ4n) is 4.49. The summed E-state index contributed by atoms with van der Waals surface area (Å²) in [5, 5.41) is 4.97. The van der Waals surface area contributed by atoms with Gasteiger partial charge in [-0.1, -0.05) is 31.5 Å². The number of nitrogens with zero attached hydrogens (tertiary/aromatic N) is 2. The molecule has 4 rings (SSSR count). The molecule has 1 aromatic heterocycles. The van der Waals surface area contributed by atoms with E-state index in [0.717, 1.165) is 5.92 Å². The first-order chi connectivity index (χ1) is 9.50. The van der Waals surface area contributed by atoms with Gasteiger partial charge in [0.1, 0.15) is 0 Å². The van der Waals surface area contributed by atoms with Crippen molar-refractivity contribution in [2.24, 2.45) is 5.92 Å². The molecule has 0 N–H and O–H groups in total. The van der Waals surface area contributed by atoms with Crippen LogP contribution in [0.3, 0.4) is 0 Å². The van der Waals surface area contributed by atoms with Crippen LogP contribution in [0.25, 0.3) is 5.69 Å². The molecule has 2 aliphatic rings. The second kappa shape index (κ2) is 3.75. The maximum absolute atomic E-state index is 4.97. The Morgan fingerprint density at radius 1 is 1.20 bits per heavy atom. The standard InChI is InChI=1S/C18H22N2/c1-11-5-7-15(8-6-11)20-13(3)16-17(19-20)14-9-12(2)18(16,4)10-14/h5-8,12,14H,9-10H2,1-4H3. The summed E-state index contributed by atoms with van der Waals surface area (Å²) in [7, 11) is 0. The Morgan fingerprint density at radius 2 is 1.90 bits per heavy atom. The minimum Gasteiger partial charge on any atom is -0.238 e. The van der Waals surface area contributed by atoms with Crippen LogP contribution in [0.4, 0.5) is 0 Å². The molecule has 0 amide bonds. The molecule has 0 saturated heterocycles. The number of rotatable bonds is 1. The Bertz CT molecular complexity index is 680. The van der Waals surface area contributed by atoms with Crippen LogP contribution in [0.2, 0.25) is 0 Å². The predicted molar refractivity (Wildman–Crippen MR) is 81.5 cm³/mol. The van der Waals surface area contributed by atoms with E-state index in [1.807, 2.05) is 0 Å². The summed E-state index contributed by atoms with van der Waals surface area (Å²) in [6.45, 7) is 9.22. The highest BCUT2D eigenvalue weighted by molar-refractivity contribution is 5.48. The minimum atomic E-state index is 0.354. The number of hydrogen-bond donors (Lipinski definition) is 0. The van der Waals surface area contributed by atoms with Crippen LogP contribution in [0.1, 0.15) is 55.1 Å². The molecule has 2 aliphatic carbocycles. The van der Waals surface area contributed by atoms with Gasteiger partial charge in [0, 0.05) is 17.2 Å². The van der Waals surface area contributed by atoms with E-state index >= 15 is 0 Å². The third-order valence-corrected chi connectivity index (χ3v) is 5.78. The molecule has 0 spiro atoms. The van der Waals surface area contributed by atoms with Gasteiger partial charge >= 0.3 is 0 Å². The van der Waals surface area contributed by atoms with Gasteiger partial charge in [-0.25, -0.2) is 4.68 Å². The fraction of sp³-hybridized carbons (Fsp3) is 0.500. The molecule has 1 fully saturated rings. The van der Waals surface area contributed by atoms with Crippen molar-refractivity contribution in [1.82, 2.24) is 9.78 Å². The van der Waals surface area contributed by atoms with Gasteiger partial charge in [0.25, 0.3) is 0 Å². The predicted octanol–water partition coefficient (Wildman–Crippen LogP) is 4.27. The molecule has 0 radical (unpaired) electrons. The van der Waals surface area contributed by atoms with E-state index in [1.54, 1.807) is 5.56 Å². The lowest BCUT2D eigenvalue weighted by Gasteiger charge is -2.29. The Morgan fingerprint density at radius 3 is 2.60 bits per heavy atom. The molecule has 3 atom stereocenters. The lowest BCUT2D eigenvalue weighted by atomic mass is 9.74. The molecule has 2 aromatic rings. The van der Waals surface area contributed by atoms with Gasteiger partial charge in [0.05, 0.1) is 11.4 Å². The maximum Gasteiger partial charge on any atom is 0.0700 e. The largest absolute Gasteiger partial charge is 0.238 e. The van der Waals surface area contributed by atoms with E-state index < -0.39 is 0 Å². The lowest BCUT2D eigenvalue weighted by molar-refractivity contribution is 0.369. The SMILES string of the molecule is Cc1ccc(-n2nc3c(c2C)C2(C)CC3CC2C)cc1. The summed E-state index contributed by atoms with van der Waals surface area (Å²) in [5.74, 6) is 1.48. The van der Waals surface area contributed by atoms with Crippen molar-refractivity contribution < 1.29 is 0 Å². The van der Waals surface area contributed by atoms with Crippen LogP contribution >= 0.6 is 0 Å². The molecule has 2 bridgehead atoms. The van der Waals surface area contributed by atoms with Gasteiger partial charge in [-0.2, -0.15) is 5.10 Å². The van der Waals surface area contributed by atoms with Crippen molar-refractivity contribution >= 4 is 0 Å². The molecular formula is C18H22N2. The summed E-state index contributed by atoms with van der Waals surface area (Å²) in [6, 6.07) is 8.69. The van der Waals surface area contributed by atoms with Crippen LogP contribution in [0, 0.1) is 19.8 Å². The van der Waals surface area contributed by atoms with Crippen molar-refractivity contribution in [1.29, 1.82) is 0 Å². The van der Waals surface area contributed by atoms with Crippen LogP contribution in [-0.4, -0.2) is 9.78 Å². The normalized spacial score (nSPS) is 30.8. The van der Waals surface area contributed by atoms with E-state index in [4.69, 9.17) is 5.10 Å². The van der Waals surface area contributed by atoms with Crippen LogP contribution < -0.4 is 0 Å². The molecule has 0 aliphatic heterocycles. The minimum absolute atomic E-state index is 0.354. The van der Waals surface area contributed by atoms with E-state index in [-0.39, 0.29) is 0 Å². The van der Waals surface area contributed by atoms with Crippen molar-refractivity contribution in [3.63, 3.8) is 0 Å². The van der Waals surface area contributed by atoms with Crippen molar-refractivity contribution in [2.45, 2.75) is 51.9 Å². The molecule has 104 valence electrons. The molecule has 1 aromatic carbocycles. The van der Waals surface area contributed by atoms with E-state index in [1.165, 1.54) is 35.5 Å². The van der Waals surface area contributed by atoms with Crippen LogP contribution in [0.5, 0.6) is 0 Å². The van der Waals surface area contributed by atoms with Gasteiger partial charge in [0.15, 0.2) is 0 Å². The monoisotopic (exact) mass is 266 g/mol. The van der Waals surface area contributed by atoms with Crippen LogP contribution in [0.15, 0.2) is 24.3 Å². The first-order valence-electron chi connectivity index (χ1n) is 7.68. The molecule has 1 saturated carbocycles. The van der Waals surface area contributed by atoms with Gasteiger partial charge in [0.2, 0.25) is 0 Å². The quantitative estimate of drug-likeness (QED) is 0.753. The topological polar surface area (TPSA) is 17.8 Å². The summed E-state index contributed by atoms with van der Waals surface area (Å²) < 4.78 is 2.16. The van der Waals surface area contributed by atoms with Crippen molar-refractivity contribution in [3.05, 3.63) is 46.8 Å². The molecule has 3 unspecified atom stereocenters. The number of hydrogen-bond acceptors (Lipinski definition) is 1. The Balaban J connectivity index is 1.89. The van der Waals surface area contributed by atoms with E-state index in [2.05, 4.69) is 56.6 Å². The van der Waals surface area contributed by atoms with Crippen LogP contribution in [-0.2, 0) is 5.41 Å². The summed E-state index contributed by atoms with van der Waals surface area (Å²) in [4.78, 5) is 0. The first-order valence-corrected chi connectivity index (χ1v) is 7.68. The second-order valence-corrected chi connectivity index (χ2v) is 7.05. The zero-order valence-corrected chi connectivity index (χ0v) is 12.8. The van der Waals surface area contributed by atoms with Gasteiger partial charge in [-0.15, -0.1) is 0 Å². The van der Waals surface area contributed by atoms with E-state index in [9.17, 15) is 0 Å². The molecule has 20 heavy (non-hydrogen) atoms. The average molecular weight is 266 g/mol. The molecular weight excluding hydrogens is 244 g/mol. The zero-order chi connectivity index (χ0) is 14.1. The van der Waals surface area contributed by atoms with Gasteiger partial charge < -0.3 is 0 Å². The highest BCUT2D eigenvalue weighted by Gasteiger charge is 2.53. The van der Waals surface area contributed by atoms with Crippen molar-refractivity contribution in [3.8, 4) is 5.69 Å².